The van der Waals surface area contributed by atoms with Crippen LogP contribution in [0.1, 0.15) is 258 Å². The topological polar surface area (TPSA) is 374 Å². The van der Waals surface area contributed by atoms with Gasteiger partial charge in [-0.25, -0.2) is 14.2 Å². The molecular weight excluding hydrogens is 1280 g/mol. The zero-order chi connectivity index (χ0) is 71.1. The van der Waals surface area contributed by atoms with Crippen LogP contribution < -0.4 is 0 Å². The van der Waals surface area contributed by atoms with E-state index < -0.39 is 156 Å². The maximum absolute atomic E-state index is 14.3. The van der Waals surface area contributed by atoms with Crippen LogP contribution in [0, 0.1) is 0 Å². The molecule has 2 heterocycles. The minimum absolute atomic E-state index is 0.0236. The molecule has 0 aromatic carbocycles. The van der Waals surface area contributed by atoms with Crippen molar-refractivity contribution in [3.8, 4) is 0 Å². The predicted molar refractivity (Wildman–Crippen MR) is 365 cm³/mol. The molecular formula is C72H127O24P. The summed E-state index contributed by atoms with van der Waals surface area (Å²) in [6.45, 7) is 3.23. The van der Waals surface area contributed by atoms with E-state index >= 15 is 0 Å². The molecule has 25 heteroatoms. The summed E-state index contributed by atoms with van der Waals surface area (Å²) >= 11 is 0. The van der Waals surface area contributed by atoms with Crippen molar-refractivity contribution in [1.29, 1.82) is 0 Å². The van der Waals surface area contributed by atoms with Gasteiger partial charge in [-0.1, -0.05) is 256 Å². The summed E-state index contributed by atoms with van der Waals surface area (Å²) in [6.07, 6.45) is 17.5. The van der Waals surface area contributed by atoms with E-state index in [0.29, 0.717) is 6.42 Å². The highest BCUT2D eigenvalue weighted by Crippen LogP contribution is 2.49. The SMILES string of the molecule is CCCCCCCCCCCCC/C=C/C=C/C(=O)OCC1OC(OC2C(O)C(O)C(O)C(OC3OC(CO)C(O)C(O)C3O)C2OP(=O)(O)OCC(COC(=O)CCCCCCCCCCCCCC)OC(=O)/C=C/C=C/CCCCCCCCCCCCC)C(O)C(O)C1O. The van der Waals surface area contributed by atoms with Gasteiger partial charge in [0.2, 0.25) is 0 Å². The fourth-order valence-electron chi connectivity index (χ4n) is 12.0. The third-order valence-electron chi connectivity index (χ3n) is 18.0. The minimum atomic E-state index is -5.73. The van der Waals surface area contributed by atoms with Gasteiger partial charge in [-0.3, -0.25) is 13.8 Å². The molecule has 11 N–H and O–H groups in total. The van der Waals surface area contributed by atoms with Crippen molar-refractivity contribution in [2.24, 2.45) is 0 Å². The Morgan fingerprint density at radius 3 is 1.22 bits per heavy atom. The number of phosphoric acid groups is 1. The number of rotatable bonds is 56. The molecule has 564 valence electrons. The van der Waals surface area contributed by atoms with Gasteiger partial charge in [0.05, 0.1) is 13.2 Å². The largest absolute Gasteiger partial charge is 0.472 e. The Balaban J connectivity index is 1.78. The molecule has 24 nitrogen and oxygen atoms in total. The number of allylic oxidation sites excluding steroid dienone is 6. The molecule has 97 heavy (non-hydrogen) atoms. The van der Waals surface area contributed by atoms with E-state index in [4.69, 9.17) is 42.2 Å². The second kappa shape index (κ2) is 53.7. The maximum Gasteiger partial charge on any atom is 0.472 e. The zero-order valence-electron chi connectivity index (χ0n) is 58.6. The van der Waals surface area contributed by atoms with Gasteiger partial charge in [0.1, 0.15) is 98.7 Å². The average Bonchev–Trinajstić information content (AvgIpc) is 0.778. The van der Waals surface area contributed by atoms with Crippen molar-refractivity contribution in [3.05, 3.63) is 48.6 Å². The lowest BCUT2D eigenvalue weighted by atomic mass is 9.84. The van der Waals surface area contributed by atoms with E-state index in [1.807, 2.05) is 12.2 Å². The number of esters is 3. The first-order valence-electron chi connectivity index (χ1n) is 37.0. The molecule has 3 fully saturated rings. The van der Waals surface area contributed by atoms with Crippen molar-refractivity contribution >= 4 is 25.7 Å². The highest BCUT2D eigenvalue weighted by atomic mass is 31.2. The van der Waals surface area contributed by atoms with Crippen LogP contribution in [-0.4, -0.2) is 204 Å². The summed E-state index contributed by atoms with van der Waals surface area (Å²) in [4.78, 5) is 50.7. The number of aliphatic hydroxyl groups is 10. The highest BCUT2D eigenvalue weighted by Gasteiger charge is 2.58. The van der Waals surface area contributed by atoms with Crippen LogP contribution >= 0.6 is 7.82 Å². The van der Waals surface area contributed by atoms with Crippen LogP contribution in [-0.2, 0) is 61.2 Å². The van der Waals surface area contributed by atoms with E-state index in [0.717, 1.165) is 95.6 Å². The molecule has 18 unspecified atom stereocenters. The number of phosphoric ester groups is 1. The summed E-state index contributed by atoms with van der Waals surface area (Å²) in [5, 5.41) is 110. The fraction of sp³-hybridized carbons (Fsp3) is 0.847. The molecule has 0 spiro atoms. The number of aliphatic hydroxyl groups excluding tert-OH is 10. The van der Waals surface area contributed by atoms with Gasteiger partial charge < -0.3 is 89.1 Å². The standard InChI is InChI=1S/C72H127O24P/c1-4-7-10-13-16-19-22-25-27-29-32-35-38-41-44-47-57(75)89-52-55-60(78)62(80)67(85)72(93-55)95-69-65(83)63(81)64(82)68(94-71-66(84)61(79)59(77)54(49-73)92-71)70(69)96-97(86,87)90-51-53(50-88-56(74)46-43-40-37-34-31-24-21-18-15-12-9-6-3)91-58(76)48-45-42-39-36-33-30-28-26-23-20-17-14-11-8-5-2/h38-39,41-42,44-45,47-48,53-55,59-73,77-85H,4-37,40,43,46,49-52H2,1-3H3,(H,86,87)/b41-38+,42-39+,47-44+,48-45+. The summed E-state index contributed by atoms with van der Waals surface area (Å²) < 4.78 is 64.5. The highest BCUT2D eigenvalue weighted by molar-refractivity contribution is 7.47. The second-order valence-electron chi connectivity index (χ2n) is 26.5. The molecule has 0 amide bonds. The molecule has 0 bridgehead atoms. The Kier molecular flexibility index (Phi) is 48.8. The Morgan fingerprint density at radius 2 is 0.794 bits per heavy atom. The number of hydrogen-bond donors (Lipinski definition) is 11. The van der Waals surface area contributed by atoms with Gasteiger partial charge in [-0.2, -0.15) is 0 Å². The molecule has 18 atom stereocenters. The van der Waals surface area contributed by atoms with Crippen LogP contribution in [0.5, 0.6) is 0 Å². The summed E-state index contributed by atoms with van der Waals surface area (Å²) in [6, 6.07) is 0. The van der Waals surface area contributed by atoms with E-state index in [-0.39, 0.29) is 6.42 Å². The van der Waals surface area contributed by atoms with Crippen molar-refractivity contribution in [3.63, 3.8) is 0 Å². The van der Waals surface area contributed by atoms with E-state index in [9.17, 15) is 74.9 Å². The van der Waals surface area contributed by atoms with Crippen LogP contribution in [0.25, 0.3) is 0 Å². The first-order chi connectivity index (χ1) is 46.8. The smallest absolute Gasteiger partial charge is 0.462 e. The van der Waals surface area contributed by atoms with Crippen LogP contribution in [0.15, 0.2) is 48.6 Å². The third-order valence-corrected chi connectivity index (χ3v) is 19.0. The Bertz CT molecular complexity index is 2200. The molecule has 0 radical (unpaired) electrons. The Hall–Kier alpha value is -3.08. The Morgan fingerprint density at radius 1 is 0.423 bits per heavy atom. The normalized spacial score (nSPS) is 28.1. The molecule has 1 aliphatic carbocycles. The first kappa shape index (κ1) is 88.1. The predicted octanol–water partition coefficient (Wildman–Crippen LogP) is 9.68. The first-order valence-corrected chi connectivity index (χ1v) is 38.5. The molecule has 0 aromatic rings. The number of hydrogen-bond acceptors (Lipinski definition) is 23. The molecule has 3 aliphatic rings. The van der Waals surface area contributed by atoms with Crippen molar-refractivity contribution < 1.29 is 117 Å². The lowest BCUT2D eigenvalue weighted by Crippen LogP contribution is -2.69. The molecule has 2 aliphatic heterocycles. The van der Waals surface area contributed by atoms with Gasteiger partial charge in [0.25, 0.3) is 0 Å². The van der Waals surface area contributed by atoms with Gasteiger partial charge in [0.15, 0.2) is 18.7 Å². The molecule has 1 saturated carbocycles. The van der Waals surface area contributed by atoms with Crippen molar-refractivity contribution in [1.82, 2.24) is 0 Å². The van der Waals surface area contributed by atoms with Gasteiger partial charge in [0, 0.05) is 18.6 Å². The van der Waals surface area contributed by atoms with E-state index in [2.05, 4.69) is 20.8 Å². The minimum Gasteiger partial charge on any atom is -0.462 e. The number of unbranched alkanes of at least 4 members (excludes halogenated alkanes) is 33. The van der Waals surface area contributed by atoms with Crippen LogP contribution in [0.3, 0.4) is 0 Å². The summed E-state index contributed by atoms with van der Waals surface area (Å²) in [5.74, 6) is -2.48. The van der Waals surface area contributed by atoms with Crippen molar-refractivity contribution in [2.75, 3.05) is 26.4 Å². The van der Waals surface area contributed by atoms with Gasteiger partial charge in [-0.15, -0.1) is 0 Å². The number of carbonyl (C=O) groups is 3. The molecule has 2 saturated heterocycles. The zero-order valence-corrected chi connectivity index (χ0v) is 59.5. The van der Waals surface area contributed by atoms with Crippen molar-refractivity contribution in [2.45, 2.75) is 362 Å². The van der Waals surface area contributed by atoms with Crippen LogP contribution in [0.2, 0.25) is 0 Å². The monoisotopic (exact) mass is 1410 g/mol. The summed E-state index contributed by atoms with van der Waals surface area (Å²) in [7, 11) is -5.73. The van der Waals surface area contributed by atoms with Gasteiger partial charge >= 0.3 is 25.7 Å². The third kappa shape index (κ3) is 37.1. The number of carbonyl (C=O) groups excluding carboxylic acids is 3. The van der Waals surface area contributed by atoms with E-state index in [1.165, 1.54) is 153 Å². The molecule has 0 aromatic heterocycles. The maximum atomic E-state index is 14.3. The van der Waals surface area contributed by atoms with E-state index in [1.54, 1.807) is 12.2 Å². The molecule has 3 rings (SSSR count). The lowest BCUT2D eigenvalue weighted by molar-refractivity contribution is -0.360. The quantitative estimate of drug-likeness (QED) is 0.00673. The fourth-order valence-corrected chi connectivity index (χ4v) is 13.0. The Labute approximate surface area is 578 Å². The van der Waals surface area contributed by atoms with Gasteiger partial charge in [-0.05, 0) is 32.1 Å². The summed E-state index contributed by atoms with van der Waals surface area (Å²) in [5.41, 5.74) is 0. The van der Waals surface area contributed by atoms with Crippen LogP contribution in [0.4, 0.5) is 0 Å². The second-order valence-corrected chi connectivity index (χ2v) is 27.9. The average molecular weight is 1410 g/mol. The lowest BCUT2D eigenvalue weighted by Gasteiger charge is -2.49. The number of ether oxygens (including phenoxy) is 7.